The maximum absolute atomic E-state index is 11.0. The molecule has 0 unspecified atom stereocenters. The topological polar surface area (TPSA) is 130 Å². The van der Waals surface area contributed by atoms with Crippen molar-refractivity contribution in [3.63, 3.8) is 0 Å². The van der Waals surface area contributed by atoms with E-state index in [4.69, 9.17) is 20.8 Å². The number of aromatic nitrogens is 4. The van der Waals surface area contributed by atoms with Crippen molar-refractivity contribution in [2.45, 2.75) is 26.3 Å². The quantitative estimate of drug-likeness (QED) is 0.190. The van der Waals surface area contributed by atoms with Gasteiger partial charge in [0.25, 0.3) is 0 Å². The third kappa shape index (κ3) is 6.70. The molecule has 10 heteroatoms. The highest BCUT2D eigenvalue weighted by atomic mass is 16.3. The Bertz CT molecular complexity index is 2130. The number of rotatable bonds is 7. The third-order valence-corrected chi connectivity index (χ3v) is 9.71. The molecule has 2 aliphatic rings. The number of phenols is 1. The second-order valence-electron chi connectivity index (χ2n) is 13.2. The van der Waals surface area contributed by atoms with Crippen LogP contribution in [0.15, 0.2) is 103 Å². The monoisotopic (exact) mass is 665 g/mol. The van der Waals surface area contributed by atoms with Gasteiger partial charge in [-0.1, -0.05) is 54.1 Å². The highest BCUT2D eigenvalue weighted by Crippen LogP contribution is 2.40. The number of aldehydes is 1. The number of anilines is 1. The van der Waals surface area contributed by atoms with E-state index in [0.29, 0.717) is 23.1 Å². The van der Waals surface area contributed by atoms with E-state index in [1.54, 1.807) is 18.3 Å². The molecule has 3 aromatic heterocycles. The smallest absolute Gasteiger partial charge is 0.209 e. The van der Waals surface area contributed by atoms with Crippen LogP contribution in [0.1, 0.15) is 34.3 Å². The second kappa shape index (κ2) is 13.9. The van der Waals surface area contributed by atoms with Crippen LogP contribution in [-0.4, -0.2) is 73.3 Å². The van der Waals surface area contributed by atoms with Crippen LogP contribution in [0, 0.1) is 12.3 Å². The van der Waals surface area contributed by atoms with Crippen molar-refractivity contribution in [1.82, 2.24) is 29.3 Å². The Hall–Kier alpha value is -5.87. The minimum Gasteiger partial charge on any atom is -0.507 e. The van der Waals surface area contributed by atoms with E-state index >= 15 is 0 Å². The predicted molar refractivity (Wildman–Crippen MR) is 195 cm³/mol. The standard InChI is InChI=1S/C32H31N7O.C8H8O2/c33-29-26(7-4-16-34-29)30-36-28-13-12-27(24-5-2-1-3-6-24)35-31(28)39(30)25-10-8-23(9-11-25)19-37-17-14-32(15-18-37)20-38(21-32)22-40;1-6-2-3-8(10)7(4-6)5-9/h1-13,16,22H,14-15,17-21H2,(H2,33,34);2-5,10H,1H3. The van der Waals surface area contributed by atoms with E-state index in [0.717, 1.165) is 97.0 Å². The summed E-state index contributed by atoms with van der Waals surface area (Å²) < 4.78 is 2.08. The summed E-state index contributed by atoms with van der Waals surface area (Å²) in [5.41, 5.74) is 14.5. The van der Waals surface area contributed by atoms with E-state index in [-0.39, 0.29) is 5.75 Å². The summed E-state index contributed by atoms with van der Waals surface area (Å²) in [5.74, 6) is 1.20. The van der Waals surface area contributed by atoms with E-state index in [1.807, 2.05) is 54.3 Å². The van der Waals surface area contributed by atoms with Crippen LogP contribution in [0.3, 0.4) is 0 Å². The largest absolute Gasteiger partial charge is 0.507 e. The first kappa shape index (κ1) is 32.7. The van der Waals surface area contributed by atoms with Crippen molar-refractivity contribution < 1.29 is 14.7 Å². The number of carbonyl (C=O) groups is 2. The molecule has 3 N–H and O–H groups in total. The van der Waals surface area contributed by atoms with E-state index in [1.165, 1.54) is 11.6 Å². The Labute approximate surface area is 290 Å². The molecule has 1 amide bonds. The third-order valence-electron chi connectivity index (χ3n) is 9.71. The van der Waals surface area contributed by atoms with Crippen LogP contribution in [0.5, 0.6) is 5.75 Å². The van der Waals surface area contributed by atoms with Gasteiger partial charge in [-0.05, 0) is 86.9 Å². The second-order valence-corrected chi connectivity index (χ2v) is 13.2. The van der Waals surface area contributed by atoms with Gasteiger partial charge in [-0.25, -0.2) is 15.0 Å². The number of benzene rings is 3. The lowest BCUT2D eigenvalue weighted by Gasteiger charge is -2.52. The Balaban J connectivity index is 0.000000339. The number of hydrogen-bond acceptors (Lipinski definition) is 8. The molecule has 6 aromatic rings. The number of hydrogen-bond donors (Lipinski definition) is 2. The molecule has 2 saturated heterocycles. The average molecular weight is 666 g/mol. The summed E-state index contributed by atoms with van der Waals surface area (Å²) in [6.45, 7) is 6.75. The van der Waals surface area contributed by atoms with E-state index in [9.17, 15) is 9.59 Å². The molecule has 2 fully saturated rings. The fraction of sp³-hybridized carbons (Fsp3) is 0.225. The van der Waals surface area contributed by atoms with Gasteiger partial charge in [0.05, 0.1) is 16.8 Å². The van der Waals surface area contributed by atoms with Crippen LogP contribution in [0.25, 0.3) is 39.5 Å². The zero-order chi connectivity index (χ0) is 34.7. The van der Waals surface area contributed by atoms with Crippen molar-refractivity contribution in [3.05, 3.63) is 120 Å². The fourth-order valence-electron chi connectivity index (χ4n) is 6.93. The van der Waals surface area contributed by atoms with Crippen LogP contribution in [-0.2, 0) is 11.3 Å². The van der Waals surface area contributed by atoms with Crippen molar-refractivity contribution >= 4 is 29.7 Å². The molecule has 2 aliphatic heterocycles. The summed E-state index contributed by atoms with van der Waals surface area (Å²) in [5, 5.41) is 9.00. The number of pyridine rings is 2. The summed E-state index contributed by atoms with van der Waals surface area (Å²) in [7, 11) is 0. The molecule has 0 bridgehead atoms. The number of fused-ring (bicyclic) bond motifs is 1. The molecule has 50 heavy (non-hydrogen) atoms. The van der Waals surface area contributed by atoms with Crippen LogP contribution in [0.2, 0.25) is 0 Å². The van der Waals surface area contributed by atoms with Gasteiger partial charge in [-0.15, -0.1) is 0 Å². The summed E-state index contributed by atoms with van der Waals surface area (Å²) in [6.07, 6.45) is 5.62. The van der Waals surface area contributed by atoms with Gasteiger partial charge in [0.2, 0.25) is 6.41 Å². The molecule has 0 saturated carbocycles. The number of carbonyl (C=O) groups excluding carboxylic acids is 2. The number of phenolic OH excluding ortho intramolecular Hbond substituents is 1. The first-order valence-electron chi connectivity index (χ1n) is 16.8. The van der Waals surface area contributed by atoms with Crippen molar-refractivity contribution in [2.24, 2.45) is 5.41 Å². The van der Waals surface area contributed by atoms with Gasteiger partial charge in [0.1, 0.15) is 17.1 Å². The van der Waals surface area contributed by atoms with Gasteiger partial charge in [0.15, 0.2) is 17.8 Å². The van der Waals surface area contributed by atoms with Crippen LogP contribution in [0.4, 0.5) is 5.82 Å². The van der Waals surface area contributed by atoms with Crippen molar-refractivity contribution in [2.75, 3.05) is 31.9 Å². The van der Waals surface area contributed by atoms with Crippen LogP contribution < -0.4 is 5.73 Å². The van der Waals surface area contributed by atoms with E-state index in [2.05, 4.69) is 50.8 Å². The summed E-state index contributed by atoms with van der Waals surface area (Å²) in [6, 6.07) is 31.6. The van der Waals surface area contributed by atoms with Gasteiger partial charge < -0.3 is 15.7 Å². The number of piperidine rings is 1. The molecule has 1 spiro atoms. The maximum atomic E-state index is 11.0. The number of aryl methyl sites for hydroxylation is 1. The first-order valence-corrected chi connectivity index (χ1v) is 16.8. The molecular formula is C40H39N7O3. The molecule has 0 aliphatic carbocycles. The molecule has 3 aromatic carbocycles. The number of nitrogens with two attached hydrogens (primary N) is 1. The SMILES string of the molecule is Cc1ccc(O)c(C=O)c1.Nc1ncccc1-c1nc2ccc(-c3ccccc3)nc2n1-c1ccc(CN2CCC3(CC2)CN(C=O)C3)cc1. The molecule has 5 heterocycles. The van der Waals surface area contributed by atoms with Gasteiger partial charge in [0, 0.05) is 42.5 Å². The summed E-state index contributed by atoms with van der Waals surface area (Å²) in [4.78, 5) is 40.0. The summed E-state index contributed by atoms with van der Waals surface area (Å²) >= 11 is 0. The first-order chi connectivity index (χ1) is 24.3. The lowest BCUT2D eigenvalue weighted by Crippen LogP contribution is -2.59. The Kier molecular flexibility index (Phi) is 9.10. The Morgan fingerprint density at radius 3 is 2.32 bits per heavy atom. The van der Waals surface area contributed by atoms with Gasteiger partial charge in [-0.3, -0.25) is 19.1 Å². The lowest BCUT2D eigenvalue weighted by atomic mass is 9.72. The molecule has 8 rings (SSSR count). The number of aromatic hydroxyl groups is 1. The lowest BCUT2D eigenvalue weighted by molar-refractivity contribution is -0.132. The molecular weight excluding hydrogens is 626 g/mol. The minimum atomic E-state index is 0.0422. The zero-order valence-electron chi connectivity index (χ0n) is 27.9. The van der Waals surface area contributed by atoms with E-state index < -0.39 is 0 Å². The fourth-order valence-corrected chi connectivity index (χ4v) is 6.93. The number of imidazole rings is 1. The van der Waals surface area contributed by atoms with Crippen LogP contribution >= 0.6 is 0 Å². The number of nitrogens with zero attached hydrogens (tertiary/aromatic N) is 6. The van der Waals surface area contributed by atoms with Gasteiger partial charge in [-0.2, -0.15) is 0 Å². The number of amides is 1. The number of likely N-dealkylation sites (tertiary alicyclic amines) is 2. The number of nitrogen functional groups attached to an aromatic ring is 1. The Morgan fingerprint density at radius 2 is 1.64 bits per heavy atom. The van der Waals surface area contributed by atoms with Crippen molar-refractivity contribution in [3.8, 4) is 34.1 Å². The van der Waals surface area contributed by atoms with Gasteiger partial charge >= 0.3 is 0 Å². The Morgan fingerprint density at radius 1 is 0.880 bits per heavy atom. The van der Waals surface area contributed by atoms with Crippen molar-refractivity contribution in [1.29, 1.82) is 0 Å². The highest BCUT2D eigenvalue weighted by molar-refractivity contribution is 5.84. The maximum Gasteiger partial charge on any atom is 0.209 e. The molecule has 0 atom stereocenters. The predicted octanol–water partition coefficient (Wildman–Crippen LogP) is 6.30. The molecule has 252 valence electrons. The average Bonchev–Trinajstić information content (AvgIpc) is 3.52. The molecule has 0 radical (unpaired) electrons. The highest BCUT2D eigenvalue weighted by Gasteiger charge is 2.44. The minimum absolute atomic E-state index is 0.0422. The molecule has 10 nitrogen and oxygen atoms in total. The zero-order valence-corrected chi connectivity index (χ0v) is 27.9. The normalized spacial score (nSPS) is 15.3.